The molecule has 1 N–H and O–H groups in total. The lowest BCUT2D eigenvalue weighted by Gasteiger charge is -2.13. The molecule has 0 radical (unpaired) electrons. The van der Waals surface area contributed by atoms with Crippen molar-refractivity contribution in [3.05, 3.63) is 24.3 Å². The number of nitrogens with one attached hydrogen (secondary N) is 1. The van der Waals surface area contributed by atoms with Crippen LogP contribution in [0.1, 0.15) is 6.42 Å². The molecule has 0 bridgehead atoms. The van der Waals surface area contributed by atoms with Gasteiger partial charge in [-0.05, 0) is 36.4 Å². The highest BCUT2D eigenvalue weighted by atomic mass is 32.2. The van der Waals surface area contributed by atoms with Crippen LogP contribution in [0.5, 0.6) is 5.75 Å². The van der Waals surface area contributed by atoms with Crippen molar-refractivity contribution in [2.75, 3.05) is 30.5 Å². The van der Waals surface area contributed by atoms with Crippen molar-refractivity contribution >= 4 is 23.4 Å². The smallest absolute Gasteiger partial charge is 0.343 e. The van der Waals surface area contributed by atoms with Gasteiger partial charge in [0.15, 0.2) is 6.61 Å². The van der Waals surface area contributed by atoms with E-state index in [-0.39, 0.29) is 12.6 Å². The van der Waals surface area contributed by atoms with Gasteiger partial charge < -0.3 is 14.8 Å². The van der Waals surface area contributed by atoms with E-state index >= 15 is 0 Å². The number of methoxy groups -OCH3 is 1. The third-order valence-electron chi connectivity index (χ3n) is 2.74. The maximum atomic E-state index is 10.9. The fraction of sp³-hybridized carbons (Fsp3) is 0.462. The van der Waals surface area contributed by atoms with Crippen LogP contribution in [-0.4, -0.2) is 37.2 Å². The van der Waals surface area contributed by atoms with Gasteiger partial charge in [-0.3, -0.25) is 0 Å². The van der Waals surface area contributed by atoms with Crippen LogP contribution in [0.25, 0.3) is 0 Å². The molecule has 18 heavy (non-hydrogen) atoms. The fourth-order valence-electron chi connectivity index (χ4n) is 1.73. The van der Waals surface area contributed by atoms with E-state index in [1.165, 1.54) is 25.0 Å². The Labute approximate surface area is 111 Å². The number of esters is 1. The summed E-state index contributed by atoms with van der Waals surface area (Å²) in [5.41, 5.74) is 1.09. The van der Waals surface area contributed by atoms with Crippen molar-refractivity contribution < 1.29 is 14.3 Å². The van der Waals surface area contributed by atoms with Crippen LogP contribution in [0.4, 0.5) is 5.69 Å². The van der Waals surface area contributed by atoms with Gasteiger partial charge >= 0.3 is 5.97 Å². The highest BCUT2D eigenvalue weighted by molar-refractivity contribution is 7.99. The maximum absolute atomic E-state index is 10.9. The molecule has 1 aromatic carbocycles. The van der Waals surface area contributed by atoms with E-state index in [1.807, 2.05) is 36.0 Å². The topological polar surface area (TPSA) is 47.6 Å². The highest BCUT2D eigenvalue weighted by Crippen LogP contribution is 2.22. The monoisotopic (exact) mass is 267 g/mol. The standard InChI is InChI=1S/C13H17NO3S/c1-16-13(15)8-17-12-4-2-10(3-5-12)14-11-6-7-18-9-11/h2-5,11,14H,6-9H2,1H3. The van der Waals surface area contributed by atoms with E-state index in [4.69, 9.17) is 4.74 Å². The van der Waals surface area contributed by atoms with E-state index < -0.39 is 0 Å². The Bertz CT molecular complexity index is 388. The molecule has 0 spiro atoms. The van der Waals surface area contributed by atoms with Gasteiger partial charge in [-0.25, -0.2) is 4.79 Å². The Kier molecular flexibility index (Phi) is 4.75. The number of anilines is 1. The lowest BCUT2D eigenvalue weighted by Crippen LogP contribution is -2.17. The fourth-order valence-corrected chi connectivity index (χ4v) is 2.88. The number of rotatable bonds is 5. The molecular weight excluding hydrogens is 250 g/mol. The first-order chi connectivity index (χ1) is 8.78. The second-order valence-electron chi connectivity index (χ2n) is 4.09. The number of benzene rings is 1. The lowest BCUT2D eigenvalue weighted by atomic mass is 10.2. The summed E-state index contributed by atoms with van der Waals surface area (Å²) in [6, 6.07) is 8.21. The molecule has 1 aliphatic rings. The van der Waals surface area contributed by atoms with Crippen LogP contribution in [0.15, 0.2) is 24.3 Å². The second kappa shape index (κ2) is 6.54. The van der Waals surface area contributed by atoms with Gasteiger partial charge in [0.1, 0.15) is 5.75 Å². The van der Waals surface area contributed by atoms with Crippen LogP contribution in [0.3, 0.4) is 0 Å². The maximum Gasteiger partial charge on any atom is 0.343 e. The number of thioether (sulfide) groups is 1. The number of carbonyl (C=O) groups is 1. The second-order valence-corrected chi connectivity index (χ2v) is 5.24. The predicted molar refractivity (Wildman–Crippen MR) is 73.3 cm³/mol. The number of ether oxygens (including phenoxy) is 2. The summed E-state index contributed by atoms with van der Waals surface area (Å²) in [5, 5.41) is 3.48. The molecule has 5 heteroatoms. The Hall–Kier alpha value is -1.36. The minimum absolute atomic E-state index is 0.0530. The Morgan fingerprint density at radius 1 is 1.44 bits per heavy atom. The Morgan fingerprint density at radius 3 is 2.83 bits per heavy atom. The van der Waals surface area contributed by atoms with Gasteiger partial charge in [-0.2, -0.15) is 11.8 Å². The van der Waals surface area contributed by atoms with E-state index in [1.54, 1.807) is 0 Å². The molecule has 98 valence electrons. The summed E-state index contributed by atoms with van der Waals surface area (Å²) in [6.45, 7) is -0.0530. The van der Waals surface area contributed by atoms with Crippen molar-refractivity contribution in [1.82, 2.24) is 0 Å². The predicted octanol–water partition coefficient (Wildman–Crippen LogP) is 2.16. The Morgan fingerprint density at radius 2 is 2.22 bits per heavy atom. The lowest BCUT2D eigenvalue weighted by molar-refractivity contribution is -0.142. The van der Waals surface area contributed by atoms with Gasteiger partial charge in [-0.1, -0.05) is 0 Å². The van der Waals surface area contributed by atoms with Crippen molar-refractivity contribution in [3.63, 3.8) is 0 Å². The third-order valence-corrected chi connectivity index (χ3v) is 3.90. The molecule has 1 aromatic rings. The van der Waals surface area contributed by atoms with E-state index in [0.29, 0.717) is 11.8 Å². The minimum atomic E-state index is -0.375. The molecule has 1 fully saturated rings. The van der Waals surface area contributed by atoms with Crippen molar-refractivity contribution in [2.24, 2.45) is 0 Å². The van der Waals surface area contributed by atoms with Crippen LogP contribution in [-0.2, 0) is 9.53 Å². The Balaban J connectivity index is 1.82. The van der Waals surface area contributed by atoms with E-state index in [9.17, 15) is 4.79 Å². The van der Waals surface area contributed by atoms with Crippen LogP contribution in [0.2, 0.25) is 0 Å². The van der Waals surface area contributed by atoms with Gasteiger partial charge in [0.05, 0.1) is 7.11 Å². The summed E-state index contributed by atoms with van der Waals surface area (Å²) >= 11 is 1.98. The van der Waals surface area contributed by atoms with Gasteiger partial charge in [0.2, 0.25) is 0 Å². The van der Waals surface area contributed by atoms with Crippen molar-refractivity contribution in [1.29, 1.82) is 0 Å². The summed E-state index contributed by atoms with van der Waals surface area (Å²) in [4.78, 5) is 10.9. The van der Waals surface area contributed by atoms with Crippen LogP contribution < -0.4 is 10.1 Å². The molecule has 1 unspecified atom stereocenters. The molecule has 0 aliphatic carbocycles. The first-order valence-corrected chi connectivity index (χ1v) is 7.07. The quantitative estimate of drug-likeness (QED) is 0.828. The summed E-state index contributed by atoms with van der Waals surface area (Å²) in [7, 11) is 1.35. The third kappa shape index (κ3) is 3.84. The zero-order valence-corrected chi connectivity index (χ0v) is 11.2. The van der Waals surface area contributed by atoms with Crippen molar-refractivity contribution in [3.8, 4) is 5.75 Å². The average molecular weight is 267 g/mol. The molecule has 2 rings (SSSR count). The highest BCUT2D eigenvalue weighted by Gasteiger charge is 2.14. The summed E-state index contributed by atoms with van der Waals surface area (Å²) in [5.74, 6) is 2.70. The number of carbonyl (C=O) groups excluding carboxylic acids is 1. The summed E-state index contributed by atoms with van der Waals surface area (Å²) < 4.78 is 9.78. The largest absolute Gasteiger partial charge is 0.482 e. The minimum Gasteiger partial charge on any atom is -0.482 e. The van der Waals surface area contributed by atoms with Gasteiger partial charge in [0, 0.05) is 17.5 Å². The molecule has 0 amide bonds. The normalized spacial score (nSPS) is 18.4. The average Bonchev–Trinajstić information content (AvgIpc) is 2.90. The molecular formula is C13H17NO3S. The molecule has 0 aromatic heterocycles. The molecule has 1 atom stereocenters. The number of hydrogen-bond donors (Lipinski definition) is 1. The number of hydrogen-bond acceptors (Lipinski definition) is 5. The van der Waals surface area contributed by atoms with E-state index in [2.05, 4.69) is 10.1 Å². The van der Waals surface area contributed by atoms with Gasteiger partial charge in [0.25, 0.3) is 0 Å². The summed E-state index contributed by atoms with van der Waals surface area (Å²) in [6.07, 6.45) is 1.21. The zero-order valence-electron chi connectivity index (χ0n) is 10.3. The molecule has 1 aliphatic heterocycles. The van der Waals surface area contributed by atoms with Gasteiger partial charge in [-0.15, -0.1) is 0 Å². The zero-order chi connectivity index (χ0) is 12.8. The first-order valence-electron chi connectivity index (χ1n) is 5.92. The SMILES string of the molecule is COC(=O)COc1ccc(NC2CCSC2)cc1. The van der Waals surface area contributed by atoms with Crippen LogP contribution >= 0.6 is 11.8 Å². The molecule has 4 nitrogen and oxygen atoms in total. The molecule has 1 heterocycles. The first kappa shape index (κ1) is 13.1. The van der Waals surface area contributed by atoms with Crippen LogP contribution in [0, 0.1) is 0 Å². The molecule has 0 saturated carbocycles. The van der Waals surface area contributed by atoms with Crippen molar-refractivity contribution in [2.45, 2.75) is 12.5 Å². The van der Waals surface area contributed by atoms with E-state index in [0.717, 1.165) is 5.69 Å². The molecule has 1 saturated heterocycles.